The molecule has 3 rings (SSSR count). The summed E-state index contributed by atoms with van der Waals surface area (Å²) in [4.78, 5) is 2.58. The molecule has 2 aliphatic rings. The maximum Gasteiger partial charge on any atom is 0.0922 e. The highest BCUT2D eigenvalue weighted by atomic mass is 32.1. The third-order valence-corrected chi connectivity index (χ3v) is 7.17. The summed E-state index contributed by atoms with van der Waals surface area (Å²) >= 11 is 0. The Hall–Kier alpha value is 0.120. The lowest BCUT2D eigenvalue weighted by atomic mass is 9.69. The van der Waals surface area contributed by atoms with Gasteiger partial charge in [0.25, 0.3) is 0 Å². The highest BCUT2D eigenvalue weighted by molar-refractivity contribution is 7.59. The highest BCUT2D eigenvalue weighted by Crippen LogP contribution is 2.46. The number of rotatable bonds is 8. The van der Waals surface area contributed by atoms with E-state index in [2.05, 4.69) is 43.9 Å². The number of halogens is 1. The summed E-state index contributed by atoms with van der Waals surface area (Å²) in [5, 5.41) is 11.5. The molecule has 2 nitrogen and oxygen atoms in total. The zero-order valence-electron chi connectivity index (χ0n) is 19.0. The van der Waals surface area contributed by atoms with Crippen LogP contribution in [0.1, 0.15) is 82.0 Å². The standard InChI is InChI=1S/C24H38FNO.3H2S/c1-4-6-7-19-8-9-20-10-13-26-17-21(14-18(3)5-2)24(27,11-12-25)16-23(26)22(20)15-19;;;/h8-9,15,18,21,23,27H,4-7,10-14,16-17H2,1-3H3;3*1H2/t18?,21-,23-,24-;;;/m0.../s1/i25-1;;;. The predicted octanol–water partition coefficient (Wildman–Crippen LogP) is 5.81. The van der Waals surface area contributed by atoms with E-state index in [4.69, 9.17) is 0 Å². The number of fused-ring (bicyclic) bond motifs is 3. The number of piperidine rings is 1. The van der Waals surface area contributed by atoms with E-state index >= 15 is 0 Å². The number of hydrogen-bond acceptors (Lipinski definition) is 2. The largest absolute Gasteiger partial charge is 0.389 e. The van der Waals surface area contributed by atoms with Crippen molar-refractivity contribution in [3.05, 3.63) is 34.9 Å². The SMILES string of the molecule is CCCCc1ccc2c(c1)[C@@H]1C[C@@](O)(CC[18F])[C@@H](CC(C)CC)CN1CC2.S.S.S. The molecule has 0 aromatic heterocycles. The number of aliphatic hydroxyl groups is 1. The number of nitrogens with zero attached hydrogens (tertiary/aromatic N) is 1. The smallest absolute Gasteiger partial charge is 0.0922 e. The van der Waals surface area contributed by atoms with Crippen LogP contribution in [-0.2, 0) is 12.8 Å². The Morgan fingerprint density at radius 3 is 2.60 bits per heavy atom. The van der Waals surface area contributed by atoms with Gasteiger partial charge in [-0.1, -0.05) is 51.8 Å². The minimum absolute atomic E-state index is 0. The van der Waals surface area contributed by atoms with Crippen molar-refractivity contribution in [2.75, 3.05) is 19.8 Å². The van der Waals surface area contributed by atoms with Crippen LogP contribution in [0.2, 0.25) is 0 Å². The molecule has 176 valence electrons. The topological polar surface area (TPSA) is 23.5 Å². The second-order valence-electron chi connectivity index (χ2n) is 9.09. The van der Waals surface area contributed by atoms with E-state index in [1.807, 2.05) is 0 Å². The average molecular weight is 477 g/mol. The maximum atomic E-state index is 13.4. The van der Waals surface area contributed by atoms with Gasteiger partial charge in [-0.05, 0) is 54.7 Å². The molecule has 4 atom stereocenters. The van der Waals surface area contributed by atoms with Crippen molar-refractivity contribution >= 4 is 40.5 Å². The van der Waals surface area contributed by atoms with Gasteiger partial charge in [-0.3, -0.25) is 9.29 Å². The summed E-state index contributed by atoms with van der Waals surface area (Å²) in [7, 11) is 0. The van der Waals surface area contributed by atoms with Crippen LogP contribution >= 0.6 is 40.5 Å². The van der Waals surface area contributed by atoms with Crippen LogP contribution < -0.4 is 0 Å². The minimum Gasteiger partial charge on any atom is -0.389 e. The Kier molecular flexibility index (Phi) is 13.7. The maximum absolute atomic E-state index is 13.4. The van der Waals surface area contributed by atoms with E-state index in [1.165, 1.54) is 29.5 Å². The molecule has 1 aromatic carbocycles. The first-order chi connectivity index (χ1) is 13.0. The first-order valence-corrected chi connectivity index (χ1v) is 11.1. The Labute approximate surface area is 204 Å². The molecule has 0 radical (unpaired) electrons. The van der Waals surface area contributed by atoms with Crippen LogP contribution in [-0.4, -0.2) is 35.4 Å². The molecule has 1 fully saturated rings. The average Bonchev–Trinajstić information content (AvgIpc) is 2.67. The first-order valence-electron chi connectivity index (χ1n) is 11.1. The zero-order chi connectivity index (χ0) is 19.4. The Morgan fingerprint density at radius 1 is 1.23 bits per heavy atom. The first kappa shape index (κ1) is 30.1. The van der Waals surface area contributed by atoms with Crippen molar-refractivity contribution in [2.24, 2.45) is 11.8 Å². The van der Waals surface area contributed by atoms with Gasteiger partial charge in [0.15, 0.2) is 0 Å². The number of alkyl halides is 1. The number of hydrogen-bond donors (Lipinski definition) is 1. The summed E-state index contributed by atoms with van der Waals surface area (Å²) < 4.78 is 13.4. The lowest BCUT2D eigenvalue weighted by Crippen LogP contribution is -2.55. The summed E-state index contributed by atoms with van der Waals surface area (Å²) in [5.74, 6) is 0.764. The second kappa shape index (κ2) is 13.6. The second-order valence-corrected chi connectivity index (χ2v) is 9.09. The van der Waals surface area contributed by atoms with Gasteiger partial charge in [0.1, 0.15) is 0 Å². The Morgan fingerprint density at radius 2 is 1.97 bits per heavy atom. The summed E-state index contributed by atoms with van der Waals surface area (Å²) in [6.45, 7) is 8.24. The molecule has 1 unspecified atom stereocenters. The molecule has 1 N–H and O–H groups in total. The summed E-state index contributed by atoms with van der Waals surface area (Å²) in [6.07, 6.45) is 7.73. The van der Waals surface area contributed by atoms with E-state index in [9.17, 15) is 9.50 Å². The van der Waals surface area contributed by atoms with Crippen molar-refractivity contribution in [3.8, 4) is 0 Å². The quantitative estimate of drug-likeness (QED) is 0.511. The van der Waals surface area contributed by atoms with E-state index in [0.717, 1.165) is 38.8 Å². The van der Waals surface area contributed by atoms with Gasteiger partial charge < -0.3 is 5.11 Å². The zero-order valence-corrected chi connectivity index (χ0v) is 22.0. The molecule has 2 aliphatic heterocycles. The fourth-order valence-corrected chi connectivity index (χ4v) is 5.16. The molecule has 1 aromatic rings. The molecule has 2 heterocycles. The van der Waals surface area contributed by atoms with E-state index in [1.54, 1.807) is 0 Å². The molecule has 6 heteroatoms. The van der Waals surface area contributed by atoms with Crippen molar-refractivity contribution in [2.45, 2.75) is 83.8 Å². The van der Waals surface area contributed by atoms with Gasteiger partial charge >= 0.3 is 0 Å². The van der Waals surface area contributed by atoms with Crippen LogP contribution in [0.25, 0.3) is 0 Å². The number of benzene rings is 1. The molecule has 0 amide bonds. The lowest BCUT2D eigenvalue weighted by molar-refractivity contribution is -0.111. The van der Waals surface area contributed by atoms with Crippen LogP contribution in [0.3, 0.4) is 0 Å². The summed E-state index contributed by atoms with van der Waals surface area (Å²) in [5.41, 5.74) is 3.37. The lowest BCUT2D eigenvalue weighted by Gasteiger charge is -2.52. The molecule has 30 heavy (non-hydrogen) atoms. The third-order valence-electron chi connectivity index (χ3n) is 7.17. The van der Waals surface area contributed by atoms with Gasteiger partial charge in [-0.15, -0.1) is 0 Å². The van der Waals surface area contributed by atoms with Crippen molar-refractivity contribution in [1.29, 1.82) is 0 Å². The van der Waals surface area contributed by atoms with Crippen LogP contribution in [0.4, 0.5) is 4.39 Å². The number of unbranched alkanes of at least 4 members (excludes halogenated alkanes) is 1. The normalized spacial score (nSPS) is 26.3. The van der Waals surface area contributed by atoms with E-state index < -0.39 is 12.3 Å². The van der Waals surface area contributed by atoms with E-state index in [0.29, 0.717) is 12.3 Å². The van der Waals surface area contributed by atoms with Gasteiger partial charge in [-0.2, -0.15) is 40.5 Å². The fourth-order valence-electron chi connectivity index (χ4n) is 5.16. The predicted molar refractivity (Wildman–Crippen MR) is 142 cm³/mol. The van der Waals surface area contributed by atoms with E-state index in [-0.39, 0.29) is 58.9 Å². The van der Waals surface area contributed by atoms with Crippen molar-refractivity contribution < 1.29 is 9.50 Å². The Balaban J connectivity index is 0.00000280. The molecule has 0 aliphatic carbocycles. The van der Waals surface area contributed by atoms with Gasteiger partial charge in [0.05, 0.1) is 12.3 Å². The molecule has 1 saturated heterocycles. The monoisotopic (exact) mass is 476 g/mol. The van der Waals surface area contributed by atoms with Crippen LogP contribution in [0.5, 0.6) is 0 Å². The molecule has 0 saturated carbocycles. The highest BCUT2D eigenvalue weighted by Gasteiger charge is 2.47. The van der Waals surface area contributed by atoms with Crippen molar-refractivity contribution in [3.63, 3.8) is 0 Å². The fraction of sp³-hybridized carbons (Fsp3) is 0.750. The minimum atomic E-state index is -0.868. The Bertz CT molecular complexity index is 632. The van der Waals surface area contributed by atoms with Crippen molar-refractivity contribution in [1.82, 2.24) is 4.90 Å². The van der Waals surface area contributed by atoms with Gasteiger partial charge in [0, 0.05) is 31.5 Å². The summed E-state index contributed by atoms with van der Waals surface area (Å²) in [6, 6.07) is 7.22. The molecular formula is C24H44FNOS3. The number of aryl methyl sites for hydroxylation is 1. The van der Waals surface area contributed by atoms with Gasteiger partial charge in [-0.25, -0.2) is 0 Å². The van der Waals surface area contributed by atoms with Gasteiger partial charge in [0.2, 0.25) is 0 Å². The third kappa shape index (κ3) is 6.81. The van der Waals surface area contributed by atoms with Crippen LogP contribution in [0.15, 0.2) is 18.2 Å². The molecule has 0 bridgehead atoms. The molecular weight excluding hydrogens is 432 g/mol. The van der Waals surface area contributed by atoms with Crippen LogP contribution in [0, 0.1) is 11.8 Å². The molecule has 0 spiro atoms.